The van der Waals surface area contributed by atoms with Gasteiger partial charge in [-0.25, -0.2) is 0 Å². The molecule has 0 saturated carbocycles. The van der Waals surface area contributed by atoms with Crippen LogP contribution in [-0.2, 0) is 23.8 Å². The van der Waals surface area contributed by atoms with Crippen LogP contribution in [-0.4, -0.2) is 100 Å². The fraction of sp³-hybridized carbons (Fsp3) is 0.782. The smallest absolute Gasteiger partial charge is 0.305 e. The lowest BCUT2D eigenvalue weighted by Gasteiger charge is -2.40. The van der Waals surface area contributed by atoms with Crippen LogP contribution in [0.15, 0.2) is 60.8 Å². The molecule has 7 atom stereocenters. The number of carbonyl (C=O) groups excluding carboxylic acids is 2. The van der Waals surface area contributed by atoms with Crippen molar-refractivity contribution in [2.45, 2.75) is 256 Å². The Morgan fingerprint density at radius 1 is 0.591 bits per heavy atom. The van der Waals surface area contributed by atoms with Crippen LogP contribution in [0.1, 0.15) is 213 Å². The van der Waals surface area contributed by atoms with E-state index in [-0.39, 0.29) is 18.5 Å². The Morgan fingerprint density at radius 2 is 1.09 bits per heavy atom. The summed E-state index contributed by atoms with van der Waals surface area (Å²) in [4.78, 5) is 25.0. The Hall–Kier alpha value is -2.64. The summed E-state index contributed by atoms with van der Waals surface area (Å²) in [6.45, 7) is 4.00. The van der Waals surface area contributed by atoms with Gasteiger partial charge in [0.2, 0.25) is 5.91 Å². The summed E-state index contributed by atoms with van der Waals surface area (Å²) in [6, 6.07) is -0.850. The summed E-state index contributed by atoms with van der Waals surface area (Å²) in [5.74, 6) is -0.265. The van der Waals surface area contributed by atoms with Crippen LogP contribution in [0.25, 0.3) is 0 Å². The van der Waals surface area contributed by atoms with Gasteiger partial charge in [-0.1, -0.05) is 177 Å². The minimum atomic E-state index is -1.59. The number of hydrogen-bond acceptors (Lipinski definition) is 10. The molecular formula is C55H97NO10. The third-order valence-electron chi connectivity index (χ3n) is 12.2. The van der Waals surface area contributed by atoms with E-state index >= 15 is 0 Å². The first-order valence-electron chi connectivity index (χ1n) is 26.5. The van der Waals surface area contributed by atoms with Crippen molar-refractivity contribution in [3.05, 3.63) is 60.8 Å². The van der Waals surface area contributed by atoms with E-state index in [9.17, 15) is 35.1 Å². The molecule has 1 aliphatic heterocycles. The number of amides is 1. The molecule has 1 rings (SSSR count). The van der Waals surface area contributed by atoms with Gasteiger partial charge in [0, 0.05) is 12.8 Å². The van der Waals surface area contributed by atoms with E-state index in [0.717, 1.165) is 96.3 Å². The molecule has 1 fully saturated rings. The largest absolute Gasteiger partial charge is 0.466 e. The van der Waals surface area contributed by atoms with Gasteiger partial charge in [0.25, 0.3) is 0 Å². The summed E-state index contributed by atoms with van der Waals surface area (Å²) in [7, 11) is 0. The molecule has 7 unspecified atom stereocenters. The van der Waals surface area contributed by atoms with Gasteiger partial charge in [-0.2, -0.15) is 0 Å². The molecule has 1 saturated heterocycles. The summed E-state index contributed by atoms with van der Waals surface area (Å²) in [5, 5.41) is 54.0. The van der Waals surface area contributed by atoms with Gasteiger partial charge < -0.3 is 45.1 Å². The maximum Gasteiger partial charge on any atom is 0.305 e. The third-order valence-corrected chi connectivity index (χ3v) is 12.2. The van der Waals surface area contributed by atoms with Crippen LogP contribution in [0.4, 0.5) is 0 Å². The number of allylic oxidation sites excluding steroid dienone is 9. The van der Waals surface area contributed by atoms with E-state index < -0.39 is 49.5 Å². The van der Waals surface area contributed by atoms with E-state index in [1.807, 2.05) is 19.1 Å². The Labute approximate surface area is 401 Å². The second-order valence-electron chi connectivity index (χ2n) is 18.3. The zero-order valence-electron chi connectivity index (χ0n) is 41.6. The average molecular weight is 932 g/mol. The quantitative estimate of drug-likeness (QED) is 0.0149. The van der Waals surface area contributed by atoms with Gasteiger partial charge in [0.15, 0.2) is 6.29 Å². The number of esters is 1. The second kappa shape index (κ2) is 44.8. The number of carbonyl (C=O) groups is 2. The summed E-state index contributed by atoms with van der Waals surface area (Å²) < 4.78 is 16.6. The Morgan fingerprint density at radius 3 is 1.65 bits per heavy atom. The lowest BCUT2D eigenvalue weighted by atomic mass is 9.99. The van der Waals surface area contributed by atoms with Crippen molar-refractivity contribution in [1.29, 1.82) is 0 Å². The molecular weight excluding hydrogens is 835 g/mol. The summed E-state index contributed by atoms with van der Waals surface area (Å²) >= 11 is 0. The number of rotatable bonds is 44. The van der Waals surface area contributed by atoms with E-state index in [1.54, 1.807) is 6.08 Å². The Bertz CT molecular complexity index is 1280. The highest BCUT2D eigenvalue weighted by Crippen LogP contribution is 2.23. The first kappa shape index (κ1) is 61.4. The lowest BCUT2D eigenvalue weighted by Crippen LogP contribution is -2.60. The van der Waals surface area contributed by atoms with Gasteiger partial charge >= 0.3 is 5.97 Å². The minimum absolute atomic E-state index is 0.0416. The number of ether oxygens (including phenoxy) is 3. The van der Waals surface area contributed by atoms with Crippen LogP contribution < -0.4 is 5.32 Å². The molecule has 0 aromatic carbocycles. The number of aliphatic hydroxyl groups is 5. The average Bonchev–Trinajstić information content (AvgIpc) is 3.31. The first-order chi connectivity index (χ1) is 32.2. The van der Waals surface area contributed by atoms with Crippen molar-refractivity contribution in [3.63, 3.8) is 0 Å². The highest BCUT2D eigenvalue weighted by atomic mass is 16.7. The summed E-state index contributed by atoms with van der Waals surface area (Å²) in [6.07, 6.45) is 46.2. The zero-order valence-corrected chi connectivity index (χ0v) is 41.6. The minimum Gasteiger partial charge on any atom is -0.466 e. The second-order valence-corrected chi connectivity index (χ2v) is 18.3. The molecule has 11 heteroatoms. The van der Waals surface area contributed by atoms with Crippen LogP contribution in [0.3, 0.4) is 0 Å². The van der Waals surface area contributed by atoms with Gasteiger partial charge in [0.1, 0.15) is 24.4 Å². The van der Waals surface area contributed by atoms with Gasteiger partial charge in [-0.05, 0) is 84.0 Å². The monoisotopic (exact) mass is 932 g/mol. The topological polar surface area (TPSA) is 175 Å². The molecule has 0 aromatic rings. The molecule has 0 aliphatic carbocycles. The van der Waals surface area contributed by atoms with Crippen LogP contribution in [0, 0.1) is 0 Å². The molecule has 382 valence electrons. The molecule has 1 amide bonds. The molecule has 11 nitrogen and oxygen atoms in total. The predicted octanol–water partition coefficient (Wildman–Crippen LogP) is 11.1. The molecule has 1 aliphatic rings. The maximum absolute atomic E-state index is 12.9. The predicted molar refractivity (Wildman–Crippen MR) is 269 cm³/mol. The standard InChI is InChI=1S/C55H97NO10/c1-3-5-7-9-11-13-14-15-20-23-27-31-35-39-43-51(60)64-44-40-36-32-28-24-21-18-16-17-19-22-26-30-34-38-42-50(59)56-47(48(58)41-37-33-29-25-12-10-8-6-4-2)46-65-55-54(63)53(62)52(61)49(45-57)66-55/h4,6,12,16,18,21,24-25,37,41,47-49,52-55,57-58,61-63H,3,5,7-11,13-15,17,19-20,22-23,26-36,38-40,42-46H2,1-2H3,(H,56,59)/b6-4+,18-16-,24-21-,25-12+,41-37+. The van der Waals surface area contributed by atoms with E-state index in [4.69, 9.17) is 14.2 Å². The van der Waals surface area contributed by atoms with Crippen molar-refractivity contribution < 1.29 is 49.3 Å². The highest BCUT2D eigenvalue weighted by molar-refractivity contribution is 5.76. The first-order valence-corrected chi connectivity index (χ1v) is 26.5. The van der Waals surface area contributed by atoms with E-state index in [0.29, 0.717) is 32.3 Å². The van der Waals surface area contributed by atoms with Crippen molar-refractivity contribution >= 4 is 11.9 Å². The molecule has 0 bridgehead atoms. The van der Waals surface area contributed by atoms with Crippen molar-refractivity contribution in [1.82, 2.24) is 5.32 Å². The molecule has 0 spiro atoms. The highest BCUT2D eigenvalue weighted by Gasteiger charge is 2.44. The molecule has 0 aromatic heterocycles. The van der Waals surface area contributed by atoms with Crippen LogP contribution in [0.2, 0.25) is 0 Å². The van der Waals surface area contributed by atoms with E-state index in [1.165, 1.54) is 77.0 Å². The fourth-order valence-corrected chi connectivity index (χ4v) is 7.93. The normalized spacial score (nSPS) is 20.1. The van der Waals surface area contributed by atoms with Crippen molar-refractivity contribution in [2.75, 3.05) is 19.8 Å². The number of hydrogen-bond donors (Lipinski definition) is 6. The molecule has 6 N–H and O–H groups in total. The Kier molecular flexibility index (Phi) is 41.7. The van der Waals surface area contributed by atoms with Crippen molar-refractivity contribution in [2.24, 2.45) is 0 Å². The van der Waals surface area contributed by atoms with Gasteiger partial charge in [-0.3, -0.25) is 9.59 Å². The summed E-state index contributed by atoms with van der Waals surface area (Å²) in [5.41, 5.74) is 0. The molecule has 66 heavy (non-hydrogen) atoms. The number of nitrogens with one attached hydrogen (secondary N) is 1. The zero-order chi connectivity index (χ0) is 48.1. The number of unbranched alkanes of at least 4 members (excludes halogenated alkanes) is 24. The number of aliphatic hydroxyl groups excluding tert-OH is 5. The molecule has 0 radical (unpaired) electrons. The lowest BCUT2D eigenvalue weighted by molar-refractivity contribution is -0.302. The van der Waals surface area contributed by atoms with Gasteiger partial charge in [0.05, 0.1) is 32.0 Å². The Balaban J connectivity index is 2.14. The van der Waals surface area contributed by atoms with E-state index in [2.05, 4.69) is 54.8 Å². The van der Waals surface area contributed by atoms with Crippen molar-refractivity contribution in [3.8, 4) is 0 Å². The third kappa shape index (κ3) is 34.6. The SMILES string of the molecule is C/C=C/CC/C=C/CC/C=C/C(O)C(COC1OC(CO)C(O)C(O)C1O)NC(=O)CCCCCCCC/C=C\C=C/CCCCCOC(=O)CCCCCCCCCCCCCCCC. The van der Waals surface area contributed by atoms with Gasteiger partial charge in [-0.15, -0.1) is 0 Å². The maximum atomic E-state index is 12.9. The fourth-order valence-electron chi connectivity index (χ4n) is 7.93. The van der Waals surface area contributed by atoms with Crippen LogP contribution in [0.5, 0.6) is 0 Å². The van der Waals surface area contributed by atoms with Crippen LogP contribution >= 0.6 is 0 Å². The molecule has 1 heterocycles.